The number of hydrogen-bond donors (Lipinski definition) is 2. The number of carbonyl (C=O) groups excluding carboxylic acids is 2. The van der Waals surface area contributed by atoms with Crippen LogP contribution in [-0.4, -0.2) is 46.7 Å². The summed E-state index contributed by atoms with van der Waals surface area (Å²) >= 11 is 0. The van der Waals surface area contributed by atoms with Gasteiger partial charge in [-0.3, -0.25) is 4.79 Å². The number of carbonyl (C=O) groups is 2. The van der Waals surface area contributed by atoms with Crippen molar-refractivity contribution in [2.75, 3.05) is 31.8 Å². The summed E-state index contributed by atoms with van der Waals surface area (Å²) in [6.45, 7) is 1.83. The van der Waals surface area contributed by atoms with Crippen LogP contribution < -0.4 is 10.6 Å². The number of rotatable bonds is 4. The van der Waals surface area contributed by atoms with Gasteiger partial charge in [-0.25, -0.2) is 13.2 Å². The van der Waals surface area contributed by atoms with Crippen LogP contribution in [0.25, 0.3) is 0 Å². The molecule has 1 saturated heterocycles. The molecule has 1 atom stereocenters. The molecule has 1 aromatic rings. The second kappa shape index (κ2) is 7.54. The molecular weight excluding hydrogens is 380 g/mol. The van der Waals surface area contributed by atoms with E-state index in [0.717, 1.165) is 38.6 Å². The van der Waals surface area contributed by atoms with Gasteiger partial charge in [0.15, 0.2) is 9.84 Å². The van der Waals surface area contributed by atoms with E-state index in [9.17, 15) is 18.0 Å². The van der Waals surface area contributed by atoms with Crippen LogP contribution in [0.15, 0.2) is 23.1 Å². The second-order valence-electron chi connectivity index (χ2n) is 6.87. The Labute approximate surface area is 159 Å². The van der Waals surface area contributed by atoms with E-state index in [1.807, 2.05) is 0 Å². The molecule has 0 bridgehead atoms. The molecule has 2 aliphatic rings. The SMILES string of the molecule is COC(=O)c1cc(NC(=O)C2CC23CCNCC3)cc(S(C)(=O)=O)c1.Cl. The van der Waals surface area contributed by atoms with E-state index in [0.29, 0.717) is 5.69 Å². The van der Waals surface area contributed by atoms with Gasteiger partial charge in [-0.05, 0) is 56.0 Å². The molecule has 0 radical (unpaired) electrons. The number of benzene rings is 1. The minimum atomic E-state index is -3.52. The average molecular weight is 403 g/mol. The normalized spacial score (nSPS) is 20.8. The Morgan fingerprint density at radius 3 is 2.46 bits per heavy atom. The third kappa shape index (κ3) is 4.19. The summed E-state index contributed by atoms with van der Waals surface area (Å²) in [6.07, 6.45) is 3.86. The Morgan fingerprint density at radius 1 is 1.23 bits per heavy atom. The Kier molecular flexibility index (Phi) is 5.99. The van der Waals surface area contributed by atoms with Gasteiger partial charge in [-0.2, -0.15) is 0 Å². The van der Waals surface area contributed by atoms with Crippen LogP contribution in [0.3, 0.4) is 0 Å². The molecule has 1 unspecified atom stereocenters. The van der Waals surface area contributed by atoms with Crippen LogP contribution in [0.1, 0.15) is 29.6 Å². The number of halogens is 1. The Hall–Kier alpha value is -1.64. The molecule has 1 amide bonds. The molecule has 26 heavy (non-hydrogen) atoms. The number of amides is 1. The summed E-state index contributed by atoms with van der Waals surface area (Å²) in [5, 5.41) is 6.07. The molecule has 144 valence electrons. The summed E-state index contributed by atoms with van der Waals surface area (Å²) in [7, 11) is -2.30. The van der Waals surface area contributed by atoms with Gasteiger partial charge in [0, 0.05) is 17.9 Å². The van der Waals surface area contributed by atoms with Crippen LogP contribution >= 0.6 is 12.4 Å². The Morgan fingerprint density at radius 2 is 1.88 bits per heavy atom. The van der Waals surface area contributed by atoms with Crippen LogP contribution in [-0.2, 0) is 19.4 Å². The van der Waals surface area contributed by atoms with Crippen LogP contribution in [0, 0.1) is 11.3 Å². The lowest BCUT2D eigenvalue weighted by Gasteiger charge is -2.23. The maximum absolute atomic E-state index is 12.6. The molecule has 7 nitrogen and oxygen atoms in total. The second-order valence-corrected chi connectivity index (χ2v) is 8.88. The van der Waals surface area contributed by atoms with Crippen molar-refractivity contribution in [2.45, 2.75) is 24.2 Å². The molecule has 1 aliphatic heterocycles. The predicted octanol–water partition coefficient (Wildman–Crippen LogP) is 1.63. The highest BCUT2D eigenvalue weighted by Gasteiger charge is 2.57. The summed E-state index contributed by atoms with van der Waals surface area (Å²) in [5.74, 6) is -0.830. The number of methoxy groups -OCH3 is 1. The van der Waals surface area contributed by atoms with Crippen molar-refractivity contribution in [3.63, 3.8) is 0 Å². The highest BCUT2D eigenvalue weighted by molar-refractivity contribution is 7.90. The van der Waals surface area contributed by atoms with E-state index in [4.69, 9.17) is 0 Å². The molecule has 2 N–H and O–H groups in total. The number of ether oxygens (including phenoxy) is 1. The van der Waals surface area contributed by atoms with Crippen molar-refractivity contribution in [1.29, 1.82) is 0 Å². The first-order chi connectivity index (χ1) is 11.7. The largest absolute Gasteiger partial charge is 0.465 e. The first kappa shape index (κ1) is 20.7. The Bertz CT molecular complexity index is 818. The van der Waals surface area contributed by atoms with Crippen molar-refractivity contribution < 1.29 is 22.7 Å². The highest BCUT2D eigenvalue weighted by Crippen LogP contribution is 2.58. The van der Waals surface area contributed by atoms with Crippen molar-refractivity contribution in [2.24, 2.45) is 11.3 Å². The van der Waals surface area contributed by atoms with E-state index < -0.39 is 15.8 Å². The number of anilines is 1. The topological polar surface area (TPSA) is 102 Å². The molecule has 1 aromatic carbocycles. The number of piperidine rings is 1. The maximum Gasteiger partial charge on any atom is 0.337 e. The van der Waals surface area contributed by atoms with Crippen molar-refractivity contribution >= 4 is 39.8 Å². The summed E-state index contributed by atoms with van der Waals surface area (Å²) in [4.78, 5) is 24.3. The number of nitrogens with one attached hydrogen (secondary N) is 2. The monoisotopic (exact) mass is 402 g/mol. The zero-order chi connectivity index (χ0) is 18.2. The van der Waals surface area contributed by atoms with Crippen molar-refractivity contribution in [3.05, 3.63) is 23.8 Å². The fourth-order valence-electron chi connectivity index (χ4n) is 3.55. The lowest BCUT2D eigenvalue weighted by atomic mass is 9.92. The molecule has 1 aliphatic carbocycles. The van der Waals surface area contributed by atoms with E-state index in [-0.39, 0.29) is 40.1 Å². The van der Waals surface area contributed by atoms with Gasteiger partial charge >= 0.3 is 5.97 Å². The highest BCUT2D eigenvalue weighted by atomic mass is 35.5. The van der Waals surface area contributed by atoms with Crippen molar-refractivity contribution in [1.82, 2.24) is 5.32 Å². The van der Waals surface area contributed by atoms with Gasteiger partial charge in [-0.1, -0.05) is 0 Å². The molecule has 0 aromatic heterocycles. The number of esters is 1. The van der Waals surface area contributed by atoms with E-state index >= 15 is 0 Å². The first-order valence-electron chi connectivity index (χ1n) is 8.20. The zero-order valence-corrected chi connectivity index (χ0v) is 16.3. The van der Waals surface area contributed by atoms with E-state index in [1.54, 1.807) is 0 Å². The minimum absolute atomic E-state index is 0. The van der Waals surface area contributed by atoms with Gasteiger partial charge in [-0.15, -0.1) is 12.4 Å². The lowest BCUT2D eigenvalue weighted by Crippen LogP contribution is -2.31. The average Bonchev–Trinajstić information content (AvgIpc) is 3.26. The summed E-state index contributed by atoms with van der Waals surface area (Å²) < 4.78 is 28.4. The number of sulfone groups is 1. The van der Waals surface area contributed by atoms with Crippen LogP contribution in [0.2, 0.25) is 0 Å². The molecule has 9 heteroatoms. The van der Waals surface area contributed by atoms with Gasteiger partial charge in [0.2, 0.25) is 5.91 Å². The summed E-state index contributed by atoms with van der Waals surface area (Å²) in [5.41, 5.74) is 0.465. The van der Waals surface area contributed by atoms with Gasteiger partial charge in [0.1, 0.15) is 0 Å². The predicted molar refractivity (Wildman–Crippen MR) is 99.4 cm³/mol. The molecule has 3 rings (SSSR count). The fourth-order valence-corrected chi connectivity index (χ4v) is 4.23. The molecule has 1 heterocycles. The molecular formula is C17H23ClN2O5S. The standard InChI is InChI=1S/C17H22N2O5S.ClH/c1-24-16(21)11-7-12(9-13(8-11)25(2,22)23)19-15(20)14-10-17(14)3-5-18-6-4-17;/h7-9,14,18H,3-6,10H2,1-2H3,(H,19,20);1H. The van der Waals surface area contributed by atoms with Gasteiger partial charge in [0.05, 0.1) is 17.6 Å². The first-order valence-corrected chi connectivity index (χ1v) is 10.1. The molecule has 1 saturated carbocycles. The lowest BCUT2D eigenvalue weighted by molar-refractivity contribution is -0.118. The minimum Gasteiger partial charge on any atom is -0.465 e. The van der Waals surface area contributed by atoms with Gasteiger partial charge < -0.3 is 15.4 Å². The van der Waals surface area contributed by atoms with E-state index in [1.165, 1.54) is 25.3 Å². The summed E-state index contributed by atoms with van der Waals surface area (Å²) in [6, 6.07) is 4.06. The van der Waals surface area contributed by atoms with Crippen LogP contribution in [0.4, 0.5) is 5.69 Å². The molecule has 1 spiro atoms. The third-order valence-corrected chi connectivity index (χ3v) is 6.22. The van der Waals surface area contributed by atoms with Crippen molar-refractivity contribution in [3.8, 4) is 0 Å². The quantitative estimate of drug-likeness (QED) is 0.742. The van der Waals surface area contributed by atoms with Crippen LogP contribution in [0.5, 0.6) is 0 Å². The molecule has 2 fully saturated rings. The van der Waals surface area contributed by atoms with Gasteiger partial charge in [0.25, 0.3) is 0 Å². The smallest absolute Gasteiger partial charge is 0.337 e. The number of hydrogen-bond acceptors (Lipinski definition) is 6. The third-order valence-electron chi connectivity index (χ3n) is 5.13. The Balaban J connectivity index is 0.00000243. The van der Waals surface area contributed by atoms with E-state index in [2.05, 4.69) is 15.4 Å². The fraction of sp³-hybridized carbons (Fsp3) is 0.529. The maximum atomic E-state index is 12.6. The zero-order valence-electron chi connectivity index (χ0n) is 14.7.